The fourth-order valence-corrected chi connectivity index (χ4v) is 4.06. The number of aromatic amines is 1. The molecule has 0 fully saturated rings. The van der Waals surface area contributed by atoms with Crippen molar-refractivity contribution in [2.24, 2.45) is 0 Å². The van der Waals surface area contributed by atoms with Crippen molar-refractivity contribution in [3.63, 3.8) is 0 Å². The second-order valence-electron chi connectivity index (χ2n) is 8.17. The highest BCUT2D eigenvalue weighted by molar-refractivity contribution is 5.94. The summed E-state index contributed by atoms with van der Waals surface area (Å²) in [5.74, 6) is 1.33. The zero-order valence-electron chi connectivity index (χ0n) is 19.4. The fraction of sp³-hybridized carbons (Fsp3) is 0.143. The lowest BCUT2D eigenvalue weighted by Gasteiger charge is -2.10. The summed E-state index contributed by atoms with van der Waals surface area (Å²) in [6, 6.07) is 19.7. The minimum Gasteiger partial charge on any atom is -0.497 e. The molecule has 0 saturated heterocycles. The minimum atomic E-state index is -0.273. The first kappa shape index (κ1) is 22.3. The van der Waals surface area contributed by atoms with Crippen LogP contribution in [0, 0.1) is 6.92 Å². The van der Waals surface area contributed by atoms with Gasteiger partial charge in [-0.3, -0.25) is 9.59 Å². The molecule has 1 amide bonds. The van der Waals surface area contributed by atoms with Crippen LogP contribution in [0.1, 0.15) is 21.7 Å². The van der Waals surface area contributed by atoms with Gasteiger partial charge in [0.15, 0.2) is 0 Å². The summed E-state index contributed by atoms with van der Waals surface area (Å²) >= 11 is 0. The van der Waals surface area contributed by atoms with Gasteiger partial charge in [-0.15, -0.1) is 0 Å². The number of benzene rings is 3. The van der Waals surface area contributed by atoms with Crippen LogP contribution in [0.2, 0.25) is 0 Å². The predicted octanol–water partition coefficient (Wildman–Crippen LogP) is 5.36. The maximum absolute atomic E-state index is 12.9. The number of hydrogen-bond donors (Lipinski definition) is 2. The Hall–Kier alpha value is -4.52. The molecule has 0 saturated carbocycles. The molecular formula is C28H24N2O5. The second kappa shape index (κ2) is 9.38. The number of para-hydroxylation sites is 1. The summed E-state index contributed by atoms with van der Waals surface area (Å²) in [5.41, 5.74) is 2.91. The van der Waals surface area contributed by atoms with Crippen LogP contribution in [0.5, 0.6) is 17.2 Å². The third-order valence-electron chi connectivity index (χ3n) is 5.91. The summed E-state index contributed by atoms with van der Waals surface area (Å²) in [7, 11) is 1.55. The molecule has 35 heavy (non-hydrogen) atoms. The third kappa shape index (κ3) is 4.48. The molecule has 0 aliphatic carbocycles. The molecule has 0 spiro atoms. The van der Waals surface area contributed by atoms with Gasteiger partial charge in [0.2, 0.25) is 11.2 Å². The van der Waals surface area contributed by atoms with Crippen molar-refractivity contribution in [3.8, 4) is 17.2 Å². The first-order chi connectivity index (χ1) is 17.0. The Balaban J connectivity index is 1.25. The van der Waals surface area contributed by atoms with Crippen LogP contribution in [0.4, 0.5) is 0 Å². The smallest absolute Gasteiger partial charge is 0.251 e. The van der Waals surface area contributed by atoms with E-state index in [2.05, 4.69) is 16.4 Å². The van der Waals surface area contributed by atoms with E-state index in [0.29, 0.717) is 40.3 Å². The number of methoxy groups -OCH3 is 1. The van der Waals surface area contributed by atoms with E-state index in [-0.39, 0.29) is 17.1 Å². The molecule has 2 aromatic heterocycles. The average Bonchev–Trinajstić information content (AvgIpc) is 3.29. The van der Waals surface area contributed by atoms with Crippen LogP contribution in [0.3, 0.4) is 0 Å². The molecule has 0 unspecified atom stereocenters. The van der Waals surface area contributed by atoms with Gasteiger partial charge in [-0.25, -0.2) is 0 Å². The number of hydrogen-bond acceptors (Lipinski definition) is 5. The highest BCUT2D eigenvalue weighted by Gasteiger charge is 2.15. The van der Waals surface area contributed by atoms with E-state index in [1.807, 2.05) is 24.4 Å². The van der Waals surface area contributed by atoms with Crippen molar-refractivity contribution in [3.05, 3.63) is 100 Å². The Bertz CT molecular complexity index is 1580. The lowest BCUT2D eigenvalue weighted by molar-refractivity contribution is 0.0954. The number of aryl methyl sites for hydroxylation is 1. The Morgan fingerprint density at radius 3 is 2.57 bits per heavy atom. The zero-order valence-corrected chi connectivity index (χ0v) is 19.4. The number of fused-ring (bicyclic) bond motifs is 2. The van der Waals surface area contributed by atoms with Crippen molar-refractivity contribution < 1.29 is 18.7 Å². The van der Waals surface area contributed by atoms with E-state index < -0.39 is 0 Å². The van der Waals surface area contributed by atoms with Crippen LogP contribution in [-0.2, 0) is 6.42 Å². The van der Waals surface area contributed by atoms with E-state index in [0.717, 1.165) is 22.9 Å². The molecule has 0 bridgehead atoms. The monoisotopic (exact) mass is 468 g/mol. The largest absolute Gasteiger partial charge is 0.497 e. The predicted molar refractivity (Wildman–Crippen MR) is 135 cm³/mol. The molecule has 0 radical (unpaired) electrons. The maximum atomic E-state index is 12.9. The Labute approximate surface area is 201 Å². The SMILES string of the molecule is COc1ccc2c(=O)c(Oc3ccc(C(=O)NCCc4c[nH]c5ccccc45)cc3)c(C)oc2c1. The average molecular weight is 469 g/mol. The molecule has 0 aliphatic rings. The Morgan fingerprint density at radius 1 is 1.00 bits per heavy atom. The standard InChI is InChI=1S/C28H24N2O5/c1-17-27(26(31)23-12-11-21(33-2)15-25(23)34-17)35-20-9-7-18(8-10-20)28(32)29-14-13-19-16-30-24-6-4-3-5-22(19)24/h3-12,15-16,30H,13-14H2,1-2H3,(H,29,32). The number of amides is 1. The second-order valence-corrected chi connectivity index (χ2v) is 8.17. The van der Waals surface area contributed by atoms with Gasteiger partial charge in [-0.05, 0) is 61.4 Å². The first-order valence-corrected chi connectivity index (χ1v) is 11.3. The van der Waals surface area contributed by atoms with E-state index in [1.54, 1.807) is 56.5 Å². The summed E-state index contributed by atoms with van der Waals surface area (Å²) in [6.07, 6.45) is 2.70. The molecule has 7 heteroatoms. The summed E-state index contributed by atoms with van der Waals surface area (Å²) in [6.45, 7) is 2.19. The number of ether oxygens (including phenoxy) is 2. The van der Waals surface area contributed by atoms with Gasteiger partial charge >= 0.3 is 0 Å². The van der Waals surface area contributed by atoms with Crippen LogP contribution in [0.25, 0.3) is 21.9 Å². The molecule has 7 nitrogen and oxygen atoms in total. The molecule has 3 aromatic carbocycles. The summed E-state index contributed by atoms with van der Waals surface area (Å²) < 4.78 is 16.8. The first-order valence-electron chi connectivity index (χ1n) is 11.3. The fourth-order valence-electron chi connectivity index (χ4n) is 4.06. The normalized spacial score (nSPS) is 11.0. The Morgan fingerprint density at radius 2 is 1.77 bits per heavy atom. The Kier molecular flexibility index (Phi) is 5.97. The van der Waals surface area contributed by atoms with Crippen LogP contribution in [-0.4, -0.2) is 24.5 Å². The number of carbonyl (C=O) groups is 1. The minimum absolute atomic E-state index is 0.110. The molecule has 5 rings (SSSR count). The van der Waals surface area contributed by atoms with Crippen molar-refractivity contribution in [1.82, 2.24) is 10.3 Å². The lowest BCUT2D eigenvalue weighted by Crippen LogP contribution is -2.25. The van der Waals surface area contributed by atoms with Crippen molar-refractivity contribution in [2.75, 3.05) is 13.7 Å². The lowest BCUT2D eigenvalue weighted by atomic mass is 10.1. The highest BCUT2D eigenvalue weighted by Crippen LogP contribution is 2.27. The molecule has 5 aromatic rings. The maximum Gasteiger partial charge on any atom is 0.251 e. The molecule has 2 N–H and O–H groups in total. The number of aromatic nitrogens is 1. The van der Waals surface area contributed by atoms with Gasteiger partial charge < -0.3 is 24.2 Å². The molecular weight excluding hydrogens is 444 g/mol. The number of nitrogens with one attached hydrogen (secondary N) is 2. The molecule has 0 aliphatic heterocycles. The third-order valence-corrected chi connectivity index (χ3v) is 5.91. The molecule has 176 valence electrons. The van der Waals surface area contributed by atoms with E-state index in [9.17, 15) is 9.59 Å². The molecule has 0 atom stereocenters. The van der Waals surface area contributed by atoms with Gasteiger partial charge in [0.1, 0.15) is 22.8 Å². The number of carbonyl (C=O) groups excluding carboxylic acids is 1. The van der Waals surface area contributed by atoms with Gasteiger partial charge in [-0.1, -0.05) is 18.2 Å². The van der Waals surface area contributed by atoms with E-state index in [1.165, 1.54) is 0 Å². The van der Waals surface area contributed by atoms with E-state index >= 15 is 0 Å². The van der Waals surface area contributed by atoms with Gasteiger partial charge in [0.25, 0.3) is 5.91 Å². The topological polar surface area (TPSA) is 93.6 Å². The summed E-state index contributed by atoms with van der Waals surface area (Å²) in [4.78, 5) is 28.8. The van der Waals surface area contributed by atoms with Crippen molar-refractivity contribution >= 4 is 27.8 Å². The summed E-state index contributed by atoms with van der Waals surface area (Å²) in [5, 5.41) is 4.51. The quantitative estimate of drug-likeness (QED) is 0.336. The molecule has 2 heterocycles. The van der Waals surface area contributed by atoms with Gasteiger partial charge in [0, 0.05) is 35.3 Å². The van der Waals surface area contributed by atoms with Crippen LogP contribution in [0.15, 0.2) is 82.1 Å². The van der Waals surface area contributed by atoms with Crippen LogP contribution >= 0.6 is 0 Å². The van der Waals surface area contributed by atoms with Crippen molar-refractivity contribution in [1.29, 1.82) is 0 Å². The zero-order chi connectivity index (χ0) is 24.4. The van der Waals surface area contributed by atoms with Crippen LogP contribution < -0.4 is 20.2 Å². The van der Waals surface area contributed by atoms with Gasteiger partial charge in [0.05, 0.1) is 12.5 Å². The highest BCUT2D eigenvalue weighted by atomic mass is 16.5. The van der Waals surface area contributed by atoms with Gasteiger partial charge in [-0.2, -0.15) is 0 Å². The number of H-pyrrole nitrogens is 1. The van der Waals surface area contributed by atoms with Crippen molar-refractivity contribution in [2.45, 2.75) is 13.3 Å². The van der Waals surface area contributed by atoms with E-state index in [4.69, 9.17) is 13.9 Å². The number of rotatable bonds is 7.